The molecule has 2 aromatic rings. The Morgan fingerprint density at radius 3 is 2.75 bits per heavy atom. The van der Waals surface area contributed by atoms with Crippen molar-refractivity contribution in [3.05, 3.63) is 36.2 Å². The molecule has 0 saturated heterocycles. The van der Waals surface area contributed by atoms with Gasteiger partial charge in [-0.1, -0.05) is 13.0 Å². The van der Waals surface area contributed by atoms with Crippen LogP contribution < -0.4 is 10.6 Å². The van der Waals surface area contributed by atoms with E-state index in [1.54, 1.807) is 18.5 Å². The van der Waals surface area contributed by atoms with Crippen LogP contribution in [-0.4, -0.2) is 35.5 Å². The molecule has 2 N–H and O–H groups in total. The number of fused-ring (bicyclic) bond motifs is 1. The molecule has 0 spiro atoms. The van der Waals surface area contributed by atoms with Crippen molar-refractivity contribution in [2.24, 2.45) is 0 Å². The molecule has 0 aliphatic heterocycles. The van der Waals surface area contributed by atoms with Crippen LogP contribution in [-0.2, 0) is 0 Å². The van der Waals surface area contributed by atoms with Gasteiger partial charge in [-0.15, -0.1) is 12.4 Å². The number of carbonyl (C=O) groups is 1. The summed E-state index contributed by atoms with van der Waals surface area (Å²) >= 11 is 0. The molecule has 0 unspecified atom stereocenters. The molecule has 1 aromatic carbocycles. The van der Waals surface area contributed by atoms with Gasteiger partial charge < -0.3 is 10.6 Å². The van der Waals surface area contributed by atoms with Crippen molar-refractivity contribution in [2.45, 2.75) is 13.3 Å². The summed E-state index contributed by atoms with van der Waals surface area (Å²) in [5.41, 5.74) is 1.95. The quantitative estimate of drug-likeness (QED) is 0.797. The SMILES string of the molecule is CCCNCCNC(=O)c1cccc2nccnc12.Cl. The number of para-hydroxylation sites is 1. The minimum absolute atomic E-state index is 0. The fourth-order valence-electron chi connectivity index (χ4n) is 1.84. The normalized spacial score (nSPS) is 10.1. The second-order valence-electron chi connectivity index (χ2n) is 4.24. The van der Waals surface area contributed by atoms with Gasteiger partial charge in [0, 0.05) is 25.5 Å². The van der Waals surface area contributed by atoms with Gasteiger partial charge in [0.05, 0.1) is 11.1 Å². The summed E-state index contributed by atoms with van der Waals surface area (Å²) in [6.45, 7) is 4.46. The van der Waals surface area contributed by atoms with E-state index in [1.807, 2.05) is 12.1 Å². The molecule has 0 aliphatic rings. The van der Waals surface area contributed by atoms with Crippen LogP contribution in [0.3, 0.4) is 0 Å². The number of benzene rings is 1. The Morgan fingerprint density at radius 2 is 1.95 bits per heavy atom. The van der Waals surface area contributed by atoms with Crippen LogP contribution in [0.2, 0.25) is 0 Å². The Morgan fingerprint density at radius 1 is 1.15 bits per heavy atom. The summed E-state index contributed by atoms with van der Waals surface area (Å²) in [4.78, 5) is 20.5. The average molecular weight is 295 g/mol. The van der Waals surface area contributed by atoms with Gasteiger partial charge in [0.15, 0.2) is 0 Å². The van der Waals surface area contributed by atoms with Crippen LogP contribution in [0.4, 0.5) is 0 Å². The molecule has 0 atom stereocenters. The molecule has 5 nitrogen and oxygen atoms in total. The van der Waals surface area contributed by atoms with Gasteiger partial charge in [-0.3, -0.25) is 14.8 Å². The first-order valence-corrected chi connectivity index (χ1v) is 6.51. The lowest BCUT2D eigenvalue weighted by Gasteiger charge is -2.07. The highest BCUT2D eigenvalue weighted by Crippen LogP contribution is 2.13. The number of hydrogen-bond donors (Lipinski definition) is 2. The maximum atomic E-state index is 12.1. The predicted octanol–water partition coefficient (Wildman–Crippen LogP) is 1.78. The van der Waals surface area contributed by atoms with E-state index in [2.05, 4.69) is 27.5 Å². The molecular weight excluding hydrogens is 276 g/mol. The van der Waals surface area contributed by atoms with Crippen molar-refractivity contribution >= 4 is 29.3 Å². The Balaban J connectivity index is 0.00000200. The third-order valence-corrected chi connectivity index (χ3v) is 2.76. The zero-order valence-electron chi connectivity index (χ0n) is 11.4. The molecule has 1 amide bonds. The highest BCUT2D eigenvalue weighted by atomic mass is 35.5. The van der Waals surface area contributed by atoms with E-state index < -0.39 is 0 Å². The van der Waals surface area contributed by atoms with Crippen molar-refractivity contribution in [3.8, 4) is 0 Å². The van der Waals surface area contributed by atoms with Crippen molar-refractivity contribution in [1.82, 2.24) is 20.6 Å². The predicted molar refractivity (Wildman–Crippen MR) is 82.3 cm³/mol. The minimum atomic E-state index is -0.107. The fraction of sp³-hybridized carbons (Fsp3) is 0.357. The van der Waals surface area contributed by atoms with Gasteiger partial charge in [-0.25, -0.2) is 0 Å². The summed E-state index contributed by atoms with van der Waals surface area (Å²) < 4.78 is 0. The average Bonchev–Trinajstić information content (AvgIpc) is 2.46. The summed E-state index contributed by atoms with van der Waals surface area (Å²) in [5, 5.41) is 6.12. The molecule has 0 fully saturated rings. The van der Waals surface area contributed by atoms with E-state index in [0.717, 1.165) is 25.0 Å². The van der Waals surface area contributed by atoms with Gasteiger partial charge in [-0.2, -0.15) is 0 Å². The van der Waals surface area contributed by atoms with Gasteiger partial charge in [-0.05, 0) is 25.1 Å². The van der Waals surface area contributed by atoms with Gasteiger partial charge in [0.25, 0.3) is 5.91 Å². The molecule has 108 valence electrons. The molecule has 20 heavy (non-hydrogen) atoms. The monoisotopic (exact) mass is 294 g/mol. The molecule has 1 aromatic heterocycles. The summed E-state index contributed by atoms with van der Waals surface area (Å²) in [6.07, 6.45) is 4.31. The first-order valence-electron chi connectivity index (χ1n) is 6.51. The number of aromatic nitrogens is 2. The van der Waals surface area contributed by atoms with E-state index >= 15 is 0 Å². The lowest BCUT2D eigenvalue weighted by Crippen LogP contribution is -2.32. The van der Waals surface area contributed by atoms with Crippen LogP contribution in [0, 0.1) is 0 Å². The van der Waals surface area contributed by atoms with Gasteiger partial charge in [0.2, 0.25) is 0 Å². The summed E-state index contributed by atoms with van der Waals surface area (Å²) in [5.74, 6) is -0.107. The Bertz CT molecular complexity index is 556. The first-order chi connectivity index (χ1) is 9.33. The van der Waals surface area contributed by atoms with Crippen LogP contribution >= 0.6 is 12.4 Å². The second kappa shape index (κ2) is 8.45. The first kappa shape index (κ1) is 16.3. The third kappa shape index (κ3) is 4.15. The number of rotatable bonds is 6. The van der Waals surface area contributed by atoms with Crippen molar-refractivity contribution in [3.63, 3.8) is 0 Å². The highest BCUT2D eigenvalue weighted by Gasteiger charge is 2.10. The summed E-state index contributed by atoms with van der Waals surface area (Å²) in [7, 11) is 0. The standard InChI is InChI=1S/C14H18N4O.ClH/c1-2-6-15-7-8-18-14(19)11-4-3-5-12-13(11)17-10-9-16-12;/h3-5,9-10,15H,2,6-8H2,1H3,(H,18,19);1H. The number of amides is 1. The third-order valence-electron chi connectivity index (χ3n) is 2.76. The van der Waals surface area contributed by atoms with Crippen molar-refractivity contribution < 1.29 is 4.79 Å². The number of nitrogens with one attached hydrogen (secondary N) is 2. The van der Waals surface area contributed by atoms with E-state index in [4.69, 9.17) is 0 Å². The number of carbonyl (C=O) groups excluding carboxylic acids is 1. The molecule has 0 radical (unpaired) electrons. The highest BCUT2D eigenvalue weighted by molar-refractivity contribution is 6.04. The minimum Gasteiger partial charge on any atom is -0.351 e. The van der Waals surface area contributed by atoms with E-state index in [1.165, 1.54) is 0 Å². The van der Waals surface area contributed by atoms with Crippen molar-refractivity contribution in [1.29, 1.82) is 0 Å². The number of halogens is 1. The Kier molecular flexibility index (Phi) is 6.90. The van der Waals surface area contributed by atoms with Crippen LogP contribution in [0.15, 0.2) is 30.6 Å². The number of nitrogens with zero attached hydrogens (tertiary/aromatic N) is 2. The zero-order valence-corrected chi connectivity index (χ0v) is 12.2. The van der Waals surface area contributed by atoms with Crippen LogP contribution in [0.1, 0.15) is 23.7 Å². The second-order valence-corrected chi connectivity index (χ2v) is 4.24. The topological polar surface area (TPSA) is 66.9 Å². The van der Waals surface area contributed by atoms with Gasteiger partial charge in [0.1, 0.15) is 5.52 Å². The molecular formula is C14H19ClN4O. The Hall–Kier alpha value is -1.72. The van der Waals surface area contributed by atoms with Crippen LogP contribution in [0.5, 0.6) is 0 Å². The molecule has 0 bridgehead atoms. The fourth-order valence-corrected chi connectivity index (χ4v) is 1.84. The van der Waals surface area contributed by atoms with Crippen molar-refractivity contribution in [2.75, 3.05) is 19.6 Å². The van der Waals surface area contributed by atoms with E-state index in [0.29, 0.717) is 17.6 Å². The molecule has 1 heterocycles. The largest absolute Gasteiger partial charge is 0.351 e. The Labute approximate surface area is 124 Å². The maximum absolute atomic E-state index is 12.1. The smallest absolute Gasteiger partial charge is 0.253 e. The van der Waals surface area contributed by atoms with Gasteiger partial charge >= 0.3 is 0 Å². The number of hydrogen-bond acceptors (Lipinski definition) is 4. The molecule has 2 rings (SSSR count). The lowest BCUT2D eigenvalue weighted by atomic mass is 10.1. The van der Waals surface area contributed by atoms with E-state index in [9.17, 15) is 4.79 Å². The zero-order chi connectivity index (χ0) is 13.5. The van der Waals surface area contributed by atoms with E-state index in [-0.39, 0.29) is 18.3 Å². The maximum Gasteiger partial charge on any atom is 0.253 e. The molecule has 0 aliphatic carbocycles. The summed E-state index contributed by atoms with van der Waals surface area (Å²) in [6, 6.07) is 5.44. The molecule has 6 heteroatoms. The molecule has 0 saturated carbocycles. The van der Waals surface area contributed by atoms with Crippen LogP contribution in [0.25, 0.3) is 11.0 Å². The lowest BCUT2D eigenvalue weighted by molar-refractivity contribution is 0.0955.